The Labute approximate surface area is 127 Å². The maximum Gasteiger partial charge on any atom is 0.308 e. The zero-order valence-corrected chi connectivity index (χ0v) is 12.9. The van der Waals surface area contributed by atoms with Gasteiger partial charge in [-0.3, -0.25) is 4.79 Å². The molecule has 0 aliphatic carbocycles. The number of carboxylic acids is 1. The summed E-state index contributed by atoms with van der Waals surface area (Å²) in [7, 11) is -3.84. The second kappa shape index (κ2) is 5.52. The first kappa shape index (κ1) is 15.6. The number of sulfonamides is 1. The van der Waals surface area contributed by atoms with E-state index in [-0.39, 0.29) is 33.9 Å². The second-order valence-corrected chi connectivity index (χ2v) is 7.49. The molecule has 0 aromatic heterocycles. The summed E-state index contributed by atoms with van der Waals surface area (Å²) in [6.45, 7) is 1.82. The minimum Gasteiger partial charge on any atom is -0.481 e. The van der Waals surface area contributed by atoms with Crippen molar-refractivity contribution in [2.45, 2.75) is 11.8 Å². The number of carbonyl (C=O) groups is 1. The van der Waals surface area contributed by atoms with Gasteiger partial charge in [-0.25, -0.2) is 8.42 Å². The van der Waals surface area contributed by atoms with Gasteiger partial charge in [0.25, 0.3) is 0 Å². The number of rotatable bonds is 3. The van der Waals surface area contributed by atoms with Gasteiger partial charge >= 0.3 is 5.97 Å². The largest absolute Gasteiger partial charge is 0.481 e. The summed E-state index contributed by atoms with van der Waals surface area (Å²) in [5.74, 6) is -1.95. The lowest BCUT2D eigenvalue weighted by Crippen LogP contribution is -2.30. The van der Waals surface area contributed by atoms with Crippen LogP contribution < -0.4 is 0 Å². The third-order valence-corrected chi connectivity index (χ3v) is 6.23. The highest BCUT2D eigenvalue weighted by molar-refractivity contribution is 7.89. The smallest absolute Gasteiger partial charge is 0.308 e. The molecule has 1 fully saturated rings. The molecule has 1 heterocycles. The monoisotopic (exact) mass is 337 g/mol. The van der Waals surface area contributed by atoms with Gasteiger partial charge in [-0.1, -0.05) is 36.2 Å². The minimum absolute atomic E-state index is 0.0411. The van der Waals surface area contributed by atoms with Crippen LogP contribution in [-0.4, -0.2) is 36.9 Å². The molecule has 1 aromatic rings. The fourth-order valence-electron chi connectivity index (χ4n) is 2.26. The average molecular weight is 338 g/mol. The molecule has 0 spiro atoms. The number of halogens is 2. The van der Waals surface area contributed by atoms with Gasteiger partial charge in [-0.05, 0) is 18.1 Å². The molecule has 1 aromatic carbocycles. The molecule has 20 heavy (non-hydrogen) atoms. The Bertz CT molecular complexity index is 647. The van der Waals surface area contributed by atoms with Crippen LogP contribution in [0.4, 0.5) is 0 Å². The van der Waals surface area contributed by atoms with Crippen molar-refractivity contribution in [3.05, 3.63) is 28.2 Å². The van der Waals surface area contributed by atoms with Crippen LogP contribution in [0.5, 0.6) is 0 Å². The summed E-state index contributed by atoms with van der Waals surface area (Å²) in [6, 6.07) is 4.35. The van der Waals surface area contributed by atoms with Crippen molar-refractivity contribution >= 4 is 39.2 Å². The predicted molar refractivity (Wildman–Crippen MR) is 75.5 cm³/mol. The second-order valence-electron chi connectivity index (χ2n) is 4.80. The Morgan fingerprint density at radius 1 is 1.35 bits per heavy atom. The Hall–Kier alpha value is -0.820. The van der Waals surface area contributed by atoms with Crippen LogP contribution in [0.1, 0.15) is 6.92 Å². The number of hydrogen-bond acceptors (Lipinski definition) is 3. The SMILES string of the molecule is C[C@@H]1CN(S(=O)(=O)c2cccc(Cl)c2Cl)C[C@H]1C(=O)O. The average Bonchev–Trinajstić information content (AvgIpc) is 2.75. The summed E-state index contributed by atoms with van der Waals surface area (Å²) >= 11 is 11.8. The lowest BCUT2D eigenvalue weighted by atomic mass is 9.99. The van der Waals surface area contributed by atoms with Crippen molar-refractivity contribution in [2.24, 2.45) is 11.8 Å². The van der Waals surface area contributed by atoms with Gasteiger partial charge < -0.3 is 5.11 Å². The van der Waals surface area contributed by atoms with E-state index in [4.69, 9.17) is 28.3 Å². The van der Waals surface area contributed by atoms with Gasteiger partial charge in [0.15, 0.2) is 0 Å². The van der Waals surface area contributed by atoms with Crippen molar-refractivity contribution in [3.8, 4) is 0 Å². The minimum atomic E-state index is -3.84. The highest BCUT2D eigenvalue weighted by Crippen LogP contribution is 2.34. The van der Waals surface area contributed by atoms with E-state index in [1.165, 1.54) is 18.2 Å². The summed E-state index contributed by atoms with van der Waals surface area (Å²) in [5, 5.41) is 9.17. The van der Waals surface area contributed by atoms with E-state index < -0.39 is 21.9 Å². The molecule has 0 amide bonds. The van der Waals surface area contributed by atoms with Crippen molar-refractivity contribution in [1.82, 2.24) is 4.31 Å². The first-order chi connectivity index (χ1) is 9.25. The lowest BCUT2D eigenvalue weighted by molar-refractivity contribution is -0.142. The molecule has 0 radical (unpaired) electrons. The van der Waals surface area contributed by atoms with Crippen LogP contribution in [-0.2, 0) is 14.8 Å². The summed E-state index contributed by atoms with van der Waals surface area (Å²) in [6.07, 6.45) is 0. The molecule has 0 saturated carbocycles. The molecule has 2 atom stereocenters. The van der Waals surface area contributed by atoms with Crippen molar-refractivity contribution < 1.29 is 18.3 Å². The van der Waals surface area contributed by atoms with Gasteiger partial charge in [-0.2, -0.15) is 4.31 Å². The third kappa shape index (κ3) is 2.65. The zero-order chi connectivity index (χ0) is 15.1. The summed E-state index contributed by atoms with van der Waals surface area (Å²) < 4.78 is 26.2. The van der Waals surface area contributed by atoms with E-state index in [9.17, 15) is 13.2 Å². The van der Waals surface area contributed by atoms with Crippen LogP contribution in [0.25, 0.3) is 0 Å². The van der Waals surface area contributed by atoms with Crippen LogP contribution in [0.2, 0.25) is 10.0 Å². The molecule has 8 heteroatoms. The molecule has 5 nitrogen and oxygen atoms in total. The normalized spacial score (nSPS) is 23.9. The van der Waals surface area contributed by atoms with Gasteiger partial charge in [-0.15, -0.1) is 0 Å². The molecule has 2 rings (SSSR count). The third-order valence-electron chi connectivity index (χ3n) is 3.43. The topological polar surface area (TPSA) is 74.7 Å². The number of nitrogens with zero attached hydrogens (tertiary/aromatic N) is 1. The van der Waals surface area contributed by atoms with Crippen molar-refractivity contribution in [2.75, 3.05) is 13.1 Å². The molecular formula is C12H13Cl2NO4S. The van der Waals surface area contributed by atoms with Gasteiger partial charge in [0, 0.05) is 13.1 Å². The van der Waals surface area contributed by atoms with Crippen LogP contribution in [0.3, 0.4) is 0 Å². The van der Waals surface area contributed by atoms with E-state index in [2.05, 4.69) is 0 Å². The first-order valence-corrected chi connectivity index (χ1v) is 8.11. The lowest BCUT2D eigenvalue weighted by Gasteiger charge is -2.17. The Morgan fingerprint density at radius 3 is 2.55 bits per heavy atom. The Morgan fingerprint density at radius 2 is 2.00 bits per heavy atom. The van der Waals surface area contributed by atoms with Crippen molar-refractivity contribution in [3.63, 3.8) is 0 Å². The van der Waals surface area contributed by atoms with Gasteiger partial charge in [0.05, 0.1) is 16.0 Å². The molecule has 1 saturated heterocycles. The number of benzene rings is 1. The van der Waals surface area contributed by atoms with Crippen LogP contribution >= 0.6 is 23.2 Å². The van der Waals surface area contributed by atoms with Crippen LogP contribution in [0, 0.1) is 11.8 Å². The molecule has 0 unspecified atom stereocenters. The molecule has 110 valence electrons. The summed E-state index contributed by atoms with van der Waals surface area (Å²) in [5.41, 5.74) is 0. The molecule has 0 bridgehead atoms. The number of carboxylic acid groups (broad SMARTS) is 1. The van der Waals surface area contributed by atoms with Crippen molar-refractivity contribution in [1.29, 1.82) is 0 Å². The highest BCUT2D eigenvalue weighted by Gasteiger charge is 2.41. The van der Waals surface area contributed by atoms with E-state index >= 15 is 0 Å². The predicted octanol–water partition coefficient (Wildman–Crippen LogP) is 2.33. The van der Waals surface area contributed by atoms with E-state index in [0.717, 1.165) is 4.31 Å². The first-order valence-electron chi connectivity index (χ1n) is 5.92. The number of aliphatic carboxylic acids is 1. The molecule has 1 aliphatic heterocycles. The Kier molecular flexibility index (Phi) is 4.30. The van der Waals surface area contributed by atoms with Crippen LogP contribution in [0.15, 0.2) is 23.1 Å². The van der Waals surface area contributed by atoms with Gasteiger partial charge in [0.1, 0.15) is 4.90 Å². The maximum atomic E-state index is 12.5. The van der Waals surface area contributed by atoms with Gasteiger partial charge in [0.2, 0.25) is 10.0 Å². The van der Waals surface area contributed by atoms with E-state index in [0.29, 0.717) is 0 Å². The standard InChI is InChI=1S/C12H13Cl2NO4S/c1-7-5-15(6-8(7)12(16)17)20(18,19)10-4-2-3-9(13)11(10)14/h2-4,7-8H,5-6H2,1H3,(H,16,17)/t7-,8-/m1/s1. The fourth-order valence-corrected chi connectivity index (χ4v) is 4.56. The highest BCUT2D eigenvalue weighted by atomic mass is 35.5. The fraction of sp³-hybridized carbons (Fsp3) is 0.417. The molecule has 1 aliphatic rings. The molecular weight excluding hydrogens is 325 g/mol. The summed E-state index contributed by atoms with van der Waals surface area (Å²) in [4.78, 5) is 11.0. The van der Waals surface area contributed by atoms with E-state index in [1.807, 2.05) is 0 Å². The quantitative estimate of drug-likeness (QED) is 0.918. The van der Waals surface area contributed by atoms with E-state index in [1.54, 1.807) is 6.92 Å². The zero-order valence-electron chi connectivity index (χ0n) is 10.6. The number of hydrogen-bond donors (Lipinski definition) is 1. The maximum absolute atomic E-state index is 12.5. The molecule has 1 N–H and O–H groups in total. The Balaban J connectivity index is 2.38.